The second-order valence-electron chi connectivity index (χ2n) is 5.30. The summed E-state index contributed by atoms with van der Waals surface area (Å²) < 4.78 is 79.1. The number of alkyl halides is 6. The van der Waals surface area contributed by atoms with Crippen molar-refractivity contribution in [2.75, 3.05) is 0 Å². The molecule has 0 aliphatic carbocycles. The molecule has 8 heteroatoms. The van der Waals surface area contributed by atoms with E-state index >= 15 is 0 Å². The zero-order valence-corrected chi connectivity index (χ0v) is 12.3. The van der Waals surface area contributed by atoms with E-state index in [4.69, 9.17) is 0 Å². The minimum Gasteiger partial charge on any atom is -0.353 e. The molecule has 0 radical (unpaired) electrons. The van der Waals surface area contributed by atoms with E-state index in [2.05, 4.69) is 4.98 Å². The first-order valence-corrected chi connectivity index (χ1v) is 6.98. The van der Waals surface area contributed by atoms with E-state index < -0.39 is 29.0 Å². The number of aromatic nitrogens is 1. The number of H-pyrrole nitrogens is 1. The van der Waals surface area contributed by atoms with Crippen LogP contribution >= 0.6 is 0 Å². The van der Waals surface area contributed by atoms with Crippen LogP contribution in [0.25, 0.3) is 22.2 Å². The number of rotatable bonds is 2. The smallest absolute Gasteiger partial charge is 0.353 e. The zero-order chi connectivity index (χ0) is 18.4. The molecule has 1 aromatic heterocycles. The number of aromatic amines is 1. The standard InChI is InChI=1S/C17H9F6NO/c18-16(19,20)12-6-2-1-4-10(12)14-11(8-25)9-5-3-7-13(15(9)24-14)17(21,22)23/h1-8,24H. The van der Waals surface area contributed by atoms with Gasteiger partial charge in [-0.15, -0.1) is 0 Å². The highest BCUT2D eigenvalue weighted by Crippen LogP contribution is 2.41. The van der Waals surface area contributed by atoms with Crippen LogP contribution in [0.15, 0.2) is 42.5 Å². The van der Waals surface area contributed by atoms with Crippen molar-refractivity contribution in [3.8, 4) is 11.3 Å². The van der Waals surface area contributed by atoms with Gasteiger partial charge in [-0.1, -0.05) is 30.3 Å². The maximum atomic E-state index is 13.2. The Morgan fingerprint density at radius 1 is 0.800 bits per heavy atom. The normalized spacial score (nSPS) is 12.6. The molecule has 3 rings (SSSR count). The Kier molecular flexibility index (Phi) is 3.85. The number of para-hydroxylation sites is 1. The molecule has 0 saturated carbocycles. The summed E-state index contributed by atoms with van der Waals surface area (Å²) >= 11 is 0. The third kappa shape index (κ3) is 2.88. The van der Waals surface area contributed by atoms with Crippen molar-refractivity contribution in [1.82, 2.24) is 4.98 Å². The number of hydrogen-bond donors (Lipinski definition) is 1. The van der Waals surface area contributed by atoms with Crippen LogP contribution in [-0.2, 0) is 12.4 Å². The van der Waals surface area contributed by atoms with E-state index in [1.165, 1.54) is 12.1 Å². The Bertz CT molecular complexity index is 952. The van der Waals surface area contributed by atoms with Crippen LogP contribution in [0.2, 0.25) is 0 Å². The van der Waals surface area contributed by atoms with Gasteiger partial charge in [0, 0.05) is 16.5 Å². The fourth-order valence-corrected chi connectivity index (χ4v) is 2.76. The molecule has 0 atom stereocenters. The highest BCUT2D eigenvalue weighted by molar-refractivity contribution is 6.05. The highest BCUT2D eigenvalue weighted by Gasteiger charge is 2.36. The quantitative estimate of drug-likeness (QED) is 0.464. The summed E-state index contributed by atoms with van der Waals surface area (Å²) in [5.74, 6) is 0. The van der Waals surface area contributed by atoms with Gasteiger partial charge in [-0.05, 0) is 12.1 Å². The molecular formula is C17H9F6NO. The fraction of sp³-hybridized carbons (Fsp3) is 0.118. The second-order valence-corrected chi connectivity index (χ2v) is 5.30. The number of nitrogens with one attached hydrogen (secondary N) is 1. The highest BCUT2D eigenvalue weighted by atomic mass is 19.4. The van der Waals surface area contributed by atoms with Crippen molar-refractivity contribution < 1.29 is 31.1 Å². The SMILES string of the molecule is O=Cc1c(-c2ccccc2C(F)(F)F)[nH]c2c(C(F)(F)F)cccc12. The minimum absolute atomic E-state index is 0.0863. The van der Waals surface area contributed by atoms with Gasteiger partial charge in [-0.2, -0.15) is 26.3 Å². The first-order valence-electron chi connectivity index (χ1n) is 6.98. The summed E-state index contributed by atoms with van der Waals surface area (Å²) in [6, 6.07) is 7.54. The van der Waals surface area contributed by atoms with E-state index in [9.17, 15) is 31.1 Å². The van der Waals surface area contributed by atoms with Crippen molar-refractivity contribution in [2.24, 2.45) is 0 Å². The number of hydrogen-bond acceptors (Lipinski definition) is 1. The van der Waals surface area contributed by atoms with Crippen LogP contribution in [0, 0.1) is 0 Å². The van der Waals surface area contributed by atoms with Gasteiger partial charge in [0.15, 0.2) is 6.29 Å². The van der Waals surface area contributed by atoms with Crippen molar-refractivity contribution in [2.45, 2.75) is 12.4 Å². The van der Waals surface area contributed by atoms with Gasteiger partial charge in [0.05, 0.1) is 22.3 Å². The summed E-state index contributed by atoms with van der Waals surface area (Å²) in [6.45, 7) is 0. The summed E-state index contributed by atoms with van der Waals surface area (Å²) in [5, 5.41) is -0.0863. The zero-order valence-electron chi connectivity index (χ0n) is 12.3. The molecule has 0 unspecified atom stereocenters. The lowest BCUT2D eigenvalue weighted by atomic mass is 10.0. The molecule has 0 amide bonds. The molecule has 3 aromatic rings. The molecule has 0 saturated heterocycles. The Hall–Kier alpha value is -2.77. The van der Waals surface area contributed by atoms with Crippen LogP contribution in [-0.4, -0.2) is 11.3 Å². The summed E-state index contributed by atoms with van der Waals surface area (Å²) in [7, 11) is 0. The number of carbonyl (C=O) groups excluding carboxylic acids is 1. The molecule has 130 valence electrons. The molecule has 0 spiro atoms. The lowest BCUT2D eigenvalue weighted by Gasteiger charge is -2.12. The van der Waals surface area contributed by atoms with Gasteiger partial charge >= 0.3 is 12.4 Å². The monoisotopic (exact) mass is 357 g/mol. The molecule has 2 aromatic carbocycles. The van der Waals surface area contributed by atoms with Crippen LogP contribution in [0.1, 0.15) is 21.5 Å². The molecule has 0 aliphatic rings. The van der Waals surface area contributed by atoms with Crippen LogP contribution in [0.4, 0.5) is 26.3 Å². The van der Waals surface area contributed by atoms with Crippen LogP contribution in [0.3, 0.4) is 0 Å². The maximum absolute atomic E-state index is 13.2. The lowest BCUT2D eigenvalue weighted by molar-refractivity contribution is -0.137. The Morgan fingerprint density at radius 3 is 2.00 bits per heavy atom. The number of aldehydes is 1. The number of halogens is 6. The number of carbonyl (C=O) groups is 1. The summed E-state index contributed by atoms with van der Waals surface area (Å²) in [5.41, 5.74) is -3.46. The lowest BCUT2D eigenvalue weighted by Crippen LogP contribution is -2.07. The van der Waals surface area contributed by atoms with Gasteiger partial charge in [-0.3, -0.25) is 4.79 Å². The van der Waals surface area contributed by atoms with Crippen molar-refractivity contribution in [3.05, 3.63) is 59.2 Å². The van der Waals surface area contributed by atoms with Gasteiger partial charge in [0.1, 0.15) is 0 Å². The first kappa shape index (κ1) is 17.1. The molecule has 1 N–H and O–H groups in total. The van der Waals surface area contributed by atoms with E-state index in [1.807, 2.05) is 0 Å². The predicted molar refractivity (Wildman–Crippen MR) is 79.1 cm³/mol. The molecule has 2 nitrogen and oxygen atoms in total. The molecule has 0 bridgehead atoms. The molecular weight excluding hydrogens is 348 g/mol. The third-order valence-corrected chi connectivity index (χ3v) is 3.80. The Labute approximate surface area is 137 Å². The first-order chi connectivity index (χ1) is 11.6. The van der Waals surface area contributed by atoms with E-state index in [1.54, 1.807) is 0 Å². The topological polar surface area (TPSA) is 32.9 Å². The van der Waals surface area contributed by atoms with Crippen molar-refractivity contribution in [3.63, 3.8) is 0 Å². The van der Waals surface area contributed by atoms with Gasteiger partial charge in [0.2, 0.25) is 0 Å². The molecule has 0 aliphatic heterocycles. The van der Waals surface area contributed by atoms with Crippen molar-refractivity contribution >= 4 is 17.2 Å². The Balaban J connectivity index is 2.38. The van der Waals surface area contributed by atoms with Gasteiger partial charge in [-0.25, -0.2) is 0 Å². The number of benzene rings is 2. The summed E-state index contributed by atoms with van der Waals surface area (Å²) in [6.07, 6.45) is -9.19. The molecule has 25 heavy (non-hydrogen) atoms. The van der Waals surface area contributed by atoms with Crippen molar-refractivity contribution in [1.29, 1.82) is 0 Å². The van der Waals surface area contributed by atoms with E-state index in [-0.39, 0.29) is 28.5 Å². The number of fused-ring (bicyclic) bond motifs is 1. The second kappa shape index (κ2) is 5.65. The van der Waals surface area contributed by atoms with E-state index in [0.29, 0.717) is 0 Å². The van der Waals surface area contributed by atoms with Crippen LogP contribution < -0.4 is 0 Å². The Morgan fingerprint density at radius 2 is 1.40 bits per heavy atom. The minimum atomic E-state index is -4.72. The largest absolute Gasteiger partial charge is 0.418 e. The fourth-order valence-electron chi connectivity index (χ4n) is 2.76. The average molecular weight is 357 g/mol. The third-order valence-electron chi connectivity index (χ3n) is 3.80. The summed E-state index contributed by atoms with van der Waals surface area (Å²) in [4.78, 5) is 13.8. The molecule has 0 fully saturated rings. The molecule has 1 heterocycles. The van der Waals surface area contributed by atoms with E-state index in [0.717, 1.165) is 30.3 Å². The van der Waals surface area contributed by atoms with Gasteiger partial charge in [0.25, 0.3) is 0 Å². The average Bonchev–Trinajstić information content (AvgIpc) is 2.91. The predicted octanol–water partition coefficient (Wildman–Crippen LogP) is 5.69. The maximum Gasteiger partial charge on any atom is 0.418 e. The van der Waals surface area contributed by atoms with Gasteiger partial charge < -0.3 is 4.98 Å². The van der Waals surface area contributed by atoms with Crippen LogP contribution in [0.5, 0.6) is 0 Å².